The van der Waals surface area contributed by atoms with Gasteiger partial charge in [-0.2, -0.15) is 0 Å². The maximum Gasteiger partial charge on any atom is 0.257 e. The van der Waals surface area contributed by atoms with Crippen molar-refractivity contribution in [1.29, 1.82) is 0 Å². The fraction of sp³-hybridized carbons (Fsp3) is 0.480. The van der Waals surface area contributed by atoms with E-state index in [2.05, 4.69) is 0 Å². The molecule has 4 nitrogen and oxygen atoms in total. The molecule has 1 aliphatic heterocycles. The first kappa shape index (κ1) is 20.9. The number of benzene rings is 2. The highest BCUT2D eigenvalue weighted by molar-refractivity contribution is 5.99. The minimum absolute atomic E-state index is 0.124. The van der Waals surface area contributed by atoms with Crippen LogP contribution >= 0.6 is 0 Å². The van der Waals surface area contributed by atoms with E-state index in [9.17, 15) is 9.90 Å². The molecule has 0 aromatic heterocycles. The fourth-order valence-electron chi connectivity index (χ4n) is 4.75. The van der Waals surface area contributed by atoms with Crippen LogP contribution in [0.15, 0.2) is 42.5 Å². The lowest BCUT2D eigenvalue weighted by Crippen LogP contribution is -2.37. The van der Waals surface area contributed by atoms with E-state index in [1.807, 2.05) is 50.2 Å². The monoisotopic (exact) mass is 411 g/mol. The van der Waals surface area contributed by atoms with Crippen LogP contribution < -0.4 is 4.74 Å². The standard InChI is InChI=1S/C25H30FNO3/c1-25(2,29)20-11-8-17(9-12-20)14-27-15-19-10-13-21(23(26)22(19)24(27)28)30-16-18-6-4-3-5-7-18/h3-7,10,13,17,20,29H,8-9,11-12,14-16H2,1-2H3/t17-,20-. The third-order valence-corrected chi connectivity index (χ3v) is 6.62. The van der Waals surface area contributed by atoms with Crippen molar-refractivity contribution in [3.8, 4) is 5.75 Å². The summed E-state index contributed by atoms with van der Waals surface area (Å²) in [5, 5.41) is 10.2. The Balaban J connectivity index is 1.39. The van der Waals surface area contributed by atoms with Crippen molar-refractivity contribution in [3.63, 3.8) is 0 Å². The lowest BCUT2D eigenvalue weighted by molar-refractivity contribution is -0.00801. The van der Waals surface area contributed by atoms with Crippen molar-refractivity contribution in [1.82, 2.24) is 4.90 Å². The van der Waals surface area contributed by atoms with E-state index in [1.54, 1.807) is 11.0 Å². The van der Waals surface area contributed by atoms with Crippen LogP contribution in [0.4, 0.5) is 4.39 Å². The zero-order valence-electron chi connectivity index (χ0n) is 17.7. The summed E-state index contributed by atoms with van der Waals surface area (Å²) in [7, 11) is 0. The van der Waals surface area contributed by atoms with Crippen LogP contribution in [0.25, 0.3) is 0 Å². The minimum atomic E-state index is -0.649. The maximum absolute atomic E-state index is 15.1. The van der Waals surface area contributed by atoms with Gasteiger partial charge in [-0.05, 0) is 68.6 Å². The Labute approximate surface area is 177 Å². The lowest BCUT2D eigenvalue weighted by Gasteiger charge is -2.36. The number of nitrogens with zero attached hydrogens (tertiary/aromatic N) is 1. The van der Waals surface area contributed by atoms with Gasteiger partial charge in [-0.3, -0.25) is 4.79 Å². The minimum Gasteiger partial charge on any atom is -0.486 e. The second-order valence-corrected chi connectivity index (χ2v) is 9.24. The topological polar surface area (TPSA) is 49.8 Å². The molecule has 0 saturated heterocycles. The first-order chi connectivity index (χ1) is 14.3. The Bertz CT molecular complexity index is 899. The molecule has 2 aromatic carbocycles. The Morgan fingerprint density at radius 1 is 1.10 bits per heavy atom. The van der Waals surface area contributed by atoms with Gasteiger partial charge in [0.15, 0.2) is 11.6 Å². The van der Waals surface area contributed by atoms with Gasteiger partial charge in [0.1, 0.15) is 6.61 Å². The number of hydrogen-bond acceptors (Lipinski definition) is 3. The average molecular weight is 412 g/mol. The molecule has 30 heavy (non-hydrogen) atoms. The highest BCUT2D eigenvalue weighted by Gasteiger charge is 2.36. The number of hydrogen-bond donors (Lipinski definition) is 1. The van der Waals surface area contributed by atoms with Gasteiger partial charge in [0.2, 0.25) is 0 Å². The van der Waals surface area contributed by atoms with Gasteiger partial charge in [0, 0.05) is 13.1 Å². The van der Waals surface area contributed by atoms with Crippen LogP contribution in [-0.4, -0.2) is 28.1 Å². The Hall–Kier alpha value is -2.40. The van der Waals surface area contributed by atoms with Crippen LogP contribution in [0.5, 0.6) is 5.75 Å². The van der Waals surface area contributed by atoms with E-state index in [1.165, 1.54) is 0 Å². The van der Waals surface area contributed by atoms with Crippen LogP contribution in [0, 0.1) is 17.7 Å². The molecule has 0 bridgehead atoms. The number of amides is 1. The Kier molecular flexibility index (Phi) is 5.83. The predicted molar refractivity (Wildman–Crippen MR) is 114 cm³/mol. The molecule has 1 aliphatic carbocycles. The second kappa shape index (κ2) is 8.38. The molecule has 2 aromatic rings. The number of rotatable bonds is 6. The van der Waals surface area contributed by atoms with E-state index in [4.69, 9.17) is 4.74 Å². The summed E-state index contributed by atoms with van der Waals surface area (Å²) in [5.74, 6) is 0.0400. The Morgan fingerprint density at radius 2 is 1.80 bits per heavy atom. The molecule has 0 atom stereocenters. The molecule has 0 spiro atoms. The molecule has 1 fully saturated rings. The molecular formula is C25H30FNO3. The van der Waals surface area contributed by atoms with Crippen molar-refractivity contribution < 1.29 is 19.0 Å². The van der Waals surface area contributed by atoms with Gasteiger partial charge in [0.25, 0.3) is 5.91 Å². The van der Waals surface area contributed by atoms with E-state index < -0.39 is 11.4 Å². The summed E-state index contributed by atoms with van der Waals surface area (Å²) in [6, 6.07) is 13.0. The zero-order chi connectivity index (χ0) is 21.3. The highest BCUT2D eigenvalue weighted by Crippen LogP contribution is 2.37. The van der Waals surface area contributed by atoms with Crippen molar-refractivity contribution in [2.24, 2.45) is 11.8 Å². The van der Waals surface area contributed by atoms with E-state index in [0.717, 1.165) is 36.8 Å². The summed E-state index contributed by atoms with van der Waals surface area (Å²) in [6.07, 6.45) is 3.91. The van der Waals surface area contributed by atoms with Crippen LogP contribution in [-0.2, 0) is 13.2 Å². The van der Waals surface area contributed by atoms with E-state index >= 15 is 4.39 Å². The quantitative estimate of drug-likeness (QED) is 0.733. The predicted octanol–water partition coefficient (Wildman–Crippen LogP) is 4.94. The molecule has 5 heteroatoms. The third kappa shape index (κ3) is 4.36. The molecule has 1 amide bonds. The van der Waals surface area contributed by atoms with Crippen LogP contribution in [0.1, 0.15) is 61.0 Å². The molecule has 160 valence electrons. The molecule has 0 radical (unpaired) electrons. The zero-order valence-corrected chi connectivity index (χ0v) is 17.7. The van der Waals surface area contributed by atoms with Crippen molar-refractivity contribution in [2.75, 3.05) is 6.54 Å². The van der Waals surface area contributed by atoms with Gasteiger partial charge in [-0.25, -0.2) is 4.39 Å². The normalized spacial score (nSPS) is 21.6. The van der Waals surface area contributed by atoms with Crippen molar-refractivity contribution in [3.05, 3.63) is 65.0 Å². The van der Waals surface area contributed by atoms with E-state index in [0.29, 0.717) is 24.9 Å². The smallest absolute Gasteiger partial charge is 0.257 e. The number of carbonyl (C=O) groups excluding carboxylic acids is 1. The third-order valence-electron chi connectivity index (χ3n) is 6.62. The summed E-state index contributed by atoms with van der Waals surface area (Å²) in [6.45, 7) is 5.11. The first-order valence-corrected chi connectivity index (χ1v) is 10.8. The van der Waals surface area contributed by atoms with Crippen LogP contribution in [0.3, 0.4) is 0 Å². The van der Waals surface area contributed by atoms with E-state index in [-0.39, 0.29) is 23.8 Å². The molecule has 4 rings (SSSR count). The molecule has 1 saturated carbocycles. The van der Waals surface area contributed by atoms with Crippen molar-refractivity contribution in [2.45, 2.75) is 58.3 Å². The number of aliphatic hydroxyl groups is 1. The van der Waals surface area contributed by atoms with Crippen LogP contribution in [0.2, 0.25) is 0 Å². The van der Waals surface area contributed by atoms with Gasteiger partial charge in [-0.15, -0.1) is 0 Å². The first-order valence-electron chi connectivity index (χ1n) is 10.8. The molecule has 0 unspecified atom stereocenters. The van der Waals surface area contributed by atoms with Gasteiger partial charge >= 0.3 is 0 Å². The molecular weight excluding hydrogens is 381 g/mol. The SMILES string of the molecule is CC(C)(O)[C@H]1CC[C@H](CN2Cc3ccc(OCc4ccccc4)c(F)c3C2=O)CC1. The summed E-state index contributed by atoms with van der Waals surface area (Å²) >= 11 is 0. The number of ether oxygens (including phenoxy) is 1. The average Bonchev–Trinajstić information content (AvgIpc) is 3.04. The maximum atomic E-state index is 15.1. The molecule has 1 N–H and O–H groups in total. The number of fused-ring (bicyclic) bond motifs is 1. The second-order valence-electron chi connectivity index (χ2n) is 9.24. The van der Waals surface area contributed by atoms with Gasteiger partial charge < -0.3 is 14.7 Å². The van der Waals surface area contributed by atoms with Gasteiger partial charge in [0.05, 0.1) is 11.2 Å². The Morgan fingerprint density at radius 3 is 2.47 bits per heavy atom. The summed E-state index contributed by atoms with van der Waals surface area (Å²) in [5.41, 5.74) is 1.19. The molecule has 1 heterocycles. The highest BCUT2D eigenvalue weighted by atomic mass is 19.1. The van der Waals surface area contributed by atoms with Gasteiger partial charge in [-0.1, -0.05) is 36.4 Å². The summed E-state index contributed by atoms with van der Waals surface area (Å²) < 4.78 is 20.7. The summed E-state index contributed by atoms with van der Waals surface area (Å²) in [4.78, 5) is 14.7. The fourth-order valence-corrected chi connectivity index (χ4v) is 4.75. The lowest BCUT2D eigenvalue weighted by atomic mass is 9.75. The van der Waals surface area contributed by atoms with Crippen molar-refractivity contribution >= 4 is 5.91 Å². The number of carbonyl (C=O) groups is 1. The molecule has 2 aliphatic rings. The number of halogens is 1. The largest absolute Gasteiger partial charge is 0.486 e.